The Balaban J connectivity index is 1.91. The molecule has 0 aromatic carbocycles. The first-order valence-corrected chi connectivity index (χ1v) is 5.90. The van der Waals surface area contributed by atoms with Gasteiger partial charge in [-0.15, -0.1) is 0 Å². The SMILES string of the molecule is C1CC2CC3CCC(CC1C3)C2. The normalized spacial score (nSPS) is 52.0. The van der Waals surface area contributed by atoms with E-state index in [4.69, 9.17) is 0 Å². The number of rotatable bonds is 0. The van der Waals surface area contributed by atoms with E-state index in [2.05, 4.69) is 0 Å². The predicted molar refractivity (Wildman–Crippen MR) is 50.9 cm³/mol. The summed E-state index contributed by atoms with van der Waals surface area (Å²) in [5.74, 6) is 4.59. The first kappa shape index (κ1) is 7.41. The van der Waals surface area contributed by atoms with E-state index in [0.717, 1.165) is 23.7 Å². The highest BCUT2D eigenvalue weighted by atomic mass is 14.4. The molecule has 4 saturated carbocycles. The van der Waals surface area contributed by atoms with Crippen LogP contribution in [0.15, 0.2) is 0 Å². The topological polar surface area (TPSA) is 0 Å². The minimum Gasteiger partial charge on any atom is -0.0502 e. The molecular formula is C12H20. The molecule has 4 aliphatic carbocycles. The van der Waals surface area contributed by atoms with Crippen LogP contribution in [0.25, 0.3) is 0 Å². The van der Waals surface area contributed by atoms with Gasteiger partial charge in [0.05, 0.1) is 0 Å². The molecular weight excluding hydrogens is 144 g/mol. The Kier molecular flexibility index (Phi) is 1.70. The van der Waals surface area contributed by atoms with Crippen molar-refractivity contribution in [3.05, 3.63) is 0 Å². The smallest absolute Gasteiger partial charge is 0.0409 e. The third-order valence-corrected chi connectivity index (χ3v) is 4.63. The van der Waals surface area contributed by atoms with Crippen molar-refractivity contribution in [3.8, 4) is 0 Å². The molecule has 0 unspecified atom stereocenters. The van der Waals surface area contributed by atoms with Gasteiger partial charge in [-0.05, 0) is 49.4 Å². The first-order valence-electron chi connectivity index (χ1n) is 5.90. The molecule has 4 bridgehead atoms. The van der Waals surface area contributed by atoms with Crippen LogP contribution in [0.2, 0.25) is 0 Å². The molecule has 0 aromatic rings. The lowest BCUT2D eigenvalue weighted by Gasteiger charge is -2.21. The van der Waals surface area contributed by atoms with Gasteiger partial charge in [-0.2, -0.15) is 0 Å². The Morgan fingerprint density at radius 3 is 0.917 bits per heavy atom. The average molecular weight is 164 g/mol. The fourth-order valence-electron chi connectivity index (χ4n) is 4.16. The second-order valence-electron chi connectivity index (χ2n) is 5.56. The van der Waals surface area contributed by atoms with Crippen LogP contribution in [0, 0.1) is 23.7 Å². The maximum absolute atomic E-state index is 1.60. The van der Waals surface area contributed by atoms with Gasteiger partial charge < -0.3 is 0 Å². The Bertz CT molecular complexity index is 125. The Labute approximate surface area is 75.7 Å². The summed E-state index contributed by atoms with van der Waals surface area (Å²) in [4.78, 5) is 0. The molecule has 0 aliphatic heterocycles. The van der Waals surface area contributed by atoms with Crippen molar-refractivity contribution in [1.29, 1.82) is 0 Å². The van der Waals surface area contributed by atoms with Crippen LogP contribution in [-0.2, 0) is 0 Å². The van der Waals surface area contributed by atoms with Gasteiger partial charge in [-0.1, -0.05) is 25.7 Å². The number of hydrogen-bond donors (Lipinski definition) is 0. The summed E-state index contributed by atoms with van der Waals surface area (Å²) >= 11 is 0. The molecule has 12 heavy (non-hydrogen) atoms. The van der Waals surface area contributed by atoms with Gasteiger partial charge in [-0.3, -0.25) is 0 Å². The van der Waals surface area contributed by atoms with E-state index in [0.29, 0.717) is 0 Å². The molecule has 0 heterocycles. The molecule has 4 aliphatic rings. The Morgan fingerprint density at radius 1 is 0.417 bits per heavy atom. The van der Waals surface area contributed by atoms with Gasteiger partial charge in [0.15, 0.2) is 0 Å². The van der Waals surface area contributed by atoms with Crippen molar-refractivity contribution in [1.82, 2.24) is 0 Å². The number of hydrogen-bond acceptors (Lipinski definition) is 0. The van der Waals surface area contributed by atoms with Crippen LogP contribution in [0.3, 0.4) is 0 Å². The maximum atomic E-state index is 1.60. The monoisotopic (exact) mass is 164 g/mol. The summed E-state index contributed by atoms with van der Waals surface area (Å²) in [6.45, 7) is 0. The molecule has 0 radical (unpaired) electrons. The average Bonchev–Trinajstić information content (AvgIpc) is 2.44. The minimum atomic E-state index is 1.15. The van der Waals surface area contributed by atoms with Crippen LogP contribution < -0.4 is 0 Å². The Hall–Kier alpha value is 0. The summed E-state index contributed by atoms with van der Waals surface area (Å²) in [7, 11) is 0. The van der Waals surface area contributed by atoms with Crippen LogP contribution in [0.4, 0.5) is 0 Å². The molecule has 4 rings (SSSR count). The lowest BCUT2D eigenvalue weighted by atomic mass is 9.85. The second-order valence-corrected chi connectivity index (χ2v) is 5.56. The van der Waals surface area contributed by atoms with Crippen molar-refractivity contribution < 1.29 is 0 Å². The van der Waals surface area contributed by atoms with Gasteiger partial charge in [0.25, 0.3) is 0 Å². The van der Waals surface area contributed by atoms with Crippen LogP contribution >= 0.6 is 0 Å². The molecule has 0 heteroatoms. The molecule has 0 N–H and O–H groups in total. The van der Waals surface area contributed by atoms with E-state index in [1.807, 2.05) is 0 Å². The van der Waals surface area contributed by atoms with E-state index >= 15 is 0 Å². The summed E-state index contributed by atoms with van der Waals surface area (Å²) in [6, 6.07) is 0. The highest BCUT2D eigenvalue weighted by Gasteiger charge is 2.35. The van der Waals surface area contributed by atoms with Crippen LogP contribution in [-0.4, -0.2) is 0 Å². The fourth-order valence-corrected chi connectivity index (χ4v) is 4.16. The third-order valence-electron chi connectivity index (χ3n) is 4.63. The van der Waals surface area contributed by atoms with Crippen molar-refractivity contribution >= 4 is 0 Å². The van der Waals surface area contributed by atoms with Crippen molar-refractivity contribution in [3.63, 3.8) is 0 Å². The molecule has 0 aromatic heterocycles. The molecule has 0 atom stereocenters. The summed E-state index contributed by atoms with van der Waals surface area (Å²) in [6.07, 6.45) is 12.7. The Morgan fingerprint density at radius 2 is 0.667 bits per heavy atom. The summed E-state index contributed by atoms with van der Waals surface area (Å²) in [5.41, 5.74) is 0. The lowest BCUT2D eigenvalue weighted by Crippen LogP contribution is -2.09. The quantitative estimate of drug-likeness (QED) is 0.513. The third kappa shape index (κ3) is 1.20. The van der Waals surface area contributed by atoms with Gasteiger partial charge in [-0.25, -0.2) is 0 Å². The van der Waals surface area contributed by atoms with E-state index in [1.54, 1.807) is 51.4 Å². The van der Waals surface area contributed by atoms with Gasteiger partial charge in [0.2, 0.25) is 0 Å². The first-order chi connectivity index (χ1) is 5.90. The molecule has 4 fully saturated rings. The number of fused-ring (bicyclic) bond motifs is 2. The van der Waals surface area contributed by atoms with Gasteiger partial charge in [0, 0.05) is 0 Å². The summed E-state index contributed by atoms with van der Waals surface area (Å²) in [5, 5.41) is 0. The van der Waals surface area contributed by atoms with Gasteiger partial charge >= 0.3 is 0 Å². The van der Waals surface area contributed by atoms with E-state index in [9.17, 15) is 0 Å². The molecule has 0 saturated heterocycles. The van der Waals surface area contributed by atoms with Crippen LogP contribution in [0.1, 0.15) is 51.4 Å². The van der Waals surface area contributed by atoms with E-state index in [-0.39, 0.29) is 0 Å². The maximum Gasteiger partial charge on any atom is -0.0409 e. The highest BCUT2D eigenvalue weighted by Crippen LogP contribution is 2.48. The van der Waals surface area contributed by atoms with E-state index < -0.39 is 0 Å². The van der Waals surface area contributed by atoms with Gasteiger partial charge in [0.1, 0.15) is 0 Å². The van der Waals surface area contributed by atoms with E-state index in [1.165, 1.54) is 0 Å². The molecule has 68 valence electrons. The van der Waals surface area contributed by atoms with Crippen molar-refractivity contribution in [2.75, 3.05) is 0 Å². The lowest BCUT2D eigenvalue weighted by molar-refractivity contribution is 0.304. The summed E-state index contributed by atoms with van der Waals surface area (Å²) < 4.78 is 0. The second kappa shape index (κ2) is 2.75. The van der Waals surface area contributed by atoms with Crippen molar-refractivity contribution in [2.45, 2.75) is 51.4 Å². The minimum absolute atomic E-state index is 1.15. The standard InChI is InChI=1S/C12H20/c1-2-10-7-11-3-4-12(8-10)6-9(1)5-11/h9-12H,1-8H2. The predicted octanol–water partition coefficient (Wildman–Crippen LogP) is 3.61. The zero-order valence-electron chi connectivity index (χ0n) is 7.97. The highest BCUT2D eigenvalue weighted by molar-refractivity contribution is 4.87. The largest absolute Gasteiger partial charge is 0.0502 e. The molecule has 0 nitrogen and oxygen atoms in total. The molecule has 0 amide bonds. The van der Waals surface area contributed by atoms with Crippen molar-refractivity contribution in [2.24, 2.45) is 23.7 Å². The molecule has 0 spiro atoms. The fraction of sp³-hybridized carbons (Fsp3) is 1.00. The van der Waals surface area contributed by atoms with Crippen LogP contribution in [0.5, 0.6) is 0 Å². The zero-order chi connectivity index (χ0) is 7.97. The zero-order valence-corrected chi connectivity index (χ0v) is 7.97.